The minimum absolute atomic E-state index is 0.00367. The van der Waals surface area contributed by atoms with Gasteiger partial charge in [0.25, 0.3) is 0 Å². The van der Waals surface area contributed by atoms with Gasteiger partial charge in [-0.05, 0) is 37.9 Å². The van der Waals surface area contributed by atoms with E-state index in [1.54, 1.807) is 0 Å². The largest absolute Gasteiger partial charge is 0.394 e. The van der Waals surface area contributed by atoms with Gasteiger partial charge in [-0.1, -0.05) is 20.3 Å². The Labute approximate surface area is 121 Å². The number of hydrogen-bond donors (Lipinski definition) is 3. The fourth-order valence-corrected chi connectivity index (χ4v) is 3.48. The van der Waals surface area contributed by atoms with E-state index < -0.39 is 0 Å². The molecule has 1 aliphatic carbocycles. The van der Waals surface area contributed by atoms with Crippen LogP contribution in [0.1, 0.15) is 46.0 Å². The summed E-state index contributed by atoms with van der Waals surface area (Å²) in [6.45, 7) is 4.18. The zero-order valence-corrected chi connectivity index (χ0v) is 13.1. The summed E-state index contributed by atoms with van der Waals surface area (Å²) in [6.07, 6.45) is 7.51. The lowest BCUT2D eigenvalue weighted by molar-refractivity contribution is 0.202. The molecular formula is C14H28N2O2S. The van der Waals surface area contributed by atoms with E-state index in [9.17, 15) is 9.90 Å². The average molecular weight is 288 g/mol. The Kier molecular flexibility index (Phi) is 7.61. The van der Waals surface area contributed by atoms with Crippen LogP contribution in [0, 0.1) is 5.92 Å². The molecule has 0 saturated heterocycles. The van der Waals surface area contributed by atoms with E-state index in [4.69, 9.17) is 0 Å². The van der Waals surface area contributed by atoms with Crippen molar-refractivity contribution in [3.63, 3.8) is 0 Å². The topological polar surface area (TPSA) is 61.4 Å². The molecule has 3 atom stereocenters. The van der Waals surface area contributed by atoms with Crippen LogP contribution >= 0.6 is 11.8 Å². The van der Waals surface area contributed by atoms with Crippen molar-refractivity contribution in [3.8, 4) is 0 Å². The number of rotatable bonds is 6. The third kappa shape index (κ3) is 6.52. The molecule has 0 aromatic rings. The molecule has 2 amide bonds. The lowest BCUT2D eigenvalue weighted by Gasteiger charge is -2.29. The van der Waals surface area contributed by atoms with Gasteiger partial charge in [-0.15, -0.1) is 0 Å². The first kappa shape index (κ1) is 16.6. The Morgan fingerprint density at radius 1 is 1.42 bits per heavy atom. The number of urea groups is 1. The summed E-state index contributed by atoms with van der Waals surface area (Å²) in [6, 6.07) is 0.0102. The minimum Gasteiger partial charge on any atom is -0.394 e. The third-order valence-corrected chi connectivity index (χ3v) is 4.70. The van der Waals surface area contributed by atoms with Gasteiger partial charge in [0.1, 0.15) is 0 Å². The van der Waals surface area contributed by atoms with Crippen molar-refractivity contribution in [1.29, 1.82) is 0 Å². The van der Waals surface area contributed by atoms with Crippen molar-refractivity contribution in [2.24, 2.45) is 5.92 Å². The van der Waals surface area contributed by atoms with Gasteiger partial charge >= 0.3 is 6.03 Å². The summed E-state index contributed by atoms with van der Waals surface area (Å²) in [5, 5.41) is 15.9. The molecule has 19 heavy (non-hydrogen) atoms. The van der Waals surface area contributed by atoms with Crippen LogP contribution in [-0.2, 0) is 0 Å². The van der Waals surface area contributed by atoms with Gasteiger partial charge < -0.3 is 15.7 Å². The summed E-state index contributed by atoms with van der Waals surface area (Å²) in [4.78, 5) is 11.9. The second-order valence-corrected chi connectivity index (χ2v) is 6.99. The van der Waals surface area contributed by atoms with Gasteiger partial charge in [-0.2, -0.15) is 11.8 Å². The summed E-state index contributed by atoms with van der Waals surface area (Å²) < 4.78 is 0. The number of carbonyl (C=O) groups is 1. The molecule has 5 heteroatoms. The molecule has 112 valence electrons. The van der Waals surface area contributed by atoms with Crippen molar-refractivity contribution < 1.29 is 9.90 Å². The monoisotopic (exact) mass is 288 g/mol. The summed E-state index contributed by atoms with van der Waals surface area (Å²) >= 11 is 1.89. The van der Waals surface area contributed by atoms with Crippen LogP contribution in [-0.4, -0.2) is 41.3 Å². The van der Waals surface area contributed by atoms with E-state index in [2.05, 4.69) is 30.7 Å². The Morgan fingerprint density at radius 3 is 2.74 bits per heavy atom. The van der Waals surface area contributed by atoms with Gasteiger partial charge in [0.15, 0.2) is 0 Å². The fourth-order valence-electron chi connectivity index (χ4n) is 2.65. The maximum absolute atomic E-state index is 11.9. The first-order chi connectivity index (χ1) is 9.05. The lowest BCUT2D eigenvalue weighted by atomic mass is 9.95. The second-order valence-electron chi connectivity index (χ2n) is 5.85. The molecule has 1 saturated carbocycles. The number of carbonyl (C=O) groups excluding carboxylic acids is 1. The highest BCUT2D eigenvalue weighted by Gasteiger charge is 2.23. The molecule has 1 rings (SSSR count). The van der Waals surface area contributed by atoms with Crippen molar-refractivity contribution in [2.75, 3.05) is 12.9 Å². The van der Waals surface area contributed by atoms with Crippen LogP contribution in [0.4, 0.5) is 4.79 Å². The Morgan fingerprint density at radius 2 is 2.16 bits per heavy atom. The second kappa shape index (κ2) is 8.69. The minimum atomic E-state index is -0.139. The van der Waals surface area contributed by atoms with E-state index in [0.717, 1.165) is 19.3 Å². The van der Waals surface area contributed by atoms with Crippen molar-refractivity contribution >= 4 is 17.8 Å². The molecule has 1 fully saturated rings. The van der Waals surface area contributed by atoms with E-state index in [-0.39, 0.29) is 24.7 Å². The van der Waals surface area contributed by atoms with Gasteiger partial charge in [-0.3, -0.25) is 0 Å². The molecule has 4 nitrogen and oxygen atoms in total. The summed E-state index contributed by atoms with van der Waals surface area (Å²) in [5.41, 5.74) is 0. The highest BCUT2D eigenvalue weighted by Crippen LogP contribution is 2.26. The zero-order valence-electron chi connectivity index (χ0n) is 12.3. The molecule has 1 aliphatic rings. The van der Waals surface area contributed by atoms with Crippen LogP contribution in [0.25, 0.3) is 0 Å². The summed E-state index contributed by atoms with van der Waals surface area (Å²) in [5.74, 6) is 0.466. The van der Waals surface area contributed by atoms with Gasteiger partial charge in [0.05, 0.1) is 12.6 Å². The molecule has 0 radical (unpaired) electrons. The predicted octanol–water partition coefficient (Wildman–Crippen LogP) is 2.37. The van der Waals surface area contributed by atoms with E-state index in [0.29, 0.717) is 11.2 Å². The fraction of sp³-hybridized carbons (Fsp3) is 0.929. The highest BCUT2D eigenvalue weighted by molar-refractivity contribution is 7.99. The molecule has 0 heterocycles. The first-order valence-electron chi connectivity index (χ1n) is 7.25. The zero-order chi connectivity index (χ0) is 14.3. The van der Waals surface area contributed by atoms with Crippen LogP contribution in [0.15, 0.2) is 0 Å². The molecule has 0 aromatic heterocycles. The van der Waals surface area contributed by atoms with Crippen LogP contribution in [0.5, 0.6) is 0 Å². The predicted molar refractivity (Wildman–Crippen MR) is 81.6 cm³/mol. The molecule has 0 aliphatic heterocycles. The maximum atomic E-state index is 11.9. The molecule has 0 spiro atoms. The SMILES string of the molecule is CSC1CCCC(NC(=O)NC(CO)CC(C)C)C1. The summed E-state index contributed by atoms with van der Waals surface area (Å²) in [7, 11) is 0. The average Bonchev–Trinajstić information content (AvgIpc) is 2.37. The van der Waals surface area contributed by atoms with Crippen LogP contribution in [0.3, 0.4) is 0 Å². The first-order valence-corrected chi connectivity index (χ1v) is 8.54. The number of hydrogen-bond acceptors (Lipinski definition) is 3. The van der Waals surface area contributed by atoms with Crippen molar-refractivity contribution in [1.82, 2.24) is 10.6 Å². The Balaban J connectivity index is 2.33. The standard InChI is InChI=1S/C14H28N2O2S/c1-10(2)7-12(9-17)16-14(18)15-11-5-4-6-13(8-11)19-3/h10-13,17H,4-9H2,1-3H3,(H2,15,16,18). The van der Waals surface area contributed by atoms with Crippen LogP contribution < -0.4 is 10.6 Å². The number of thioether (sulfide) groups is 1. The highest BCUT2D eigenvalue weighted by atomic mass is 32.2. The number of nitrogens with one attached hydrogen (secondary N) is 2. The number of aliphatic hydroxyl groups excluding tert-OH is 1. The van der Waals surface area contributed by atoms with Crippen molar-refractivity contribution in [3.05, 3.63) is 0 Å². The van der Waals surface area contributed by atoms with E-state index >= 15 is 0 Å². The molecule has 0 aromatic carbocycles. The Hall–Kier alpha value is -0.420. The molecule has 3 N–H and O–H groups in total. The quantitative estimate of drug-likeness (QED) is 0.703. The molecule has 3 unspecified atom stereocenters. The number of amides is 2. The number of aliphatic hydroxyl groups is 1. The smallest absolute Gasteiger partial charge is 0.315 e. The van der Waals surface area contributed by atoms with Crippen LogP contribution in [0.2, 0.25) is 0 Å². The van der Waals surface area contributed by atoms with E-state index in [1.807, 2.05) is 11.8 Å². The maximum Gasteiger partial charge on any atom is 0.315 e. The molecular weight excluding hydrogens is 260 g/mol. The van der Waals surface area contributed by atoms with Crippen molar-refractivity contribution in [2.45, 2.75) is 63.3 Å². The van der Waals surface area contributed by atoms with E-state index in [1.165, 1.54) is 12.8 Å². The Bertz CT molecular complexity index is 274. The third-order valence-electron chi connectivity index (χ3n) is 3.61. The van der Waals surface area contributed by atoms with Gasteiger partial charge in [-0.25, -0.2) is 4.79 Å². The van der Waals surface area contributed by atoms with Gasteiger partial charge in [0.2, 0.25) is 0 Å². The lowest BCUT2D eigenvalue weighted by Crippen LogP contribution is -2.49. The normalized spacial score (nSPS) is 25.1. The van der Waals surface area contributed by atoms with Gasteiger partial charge in [0, 0.05) is 11.3 Å². The molecule has 0 bridgehead atoms.